The molecule has 0 aliphatic rings. The van der Waals surface area contributed by atoms with Crippen molar-refractivity contribution in [3.05, 3.63) is 58.6 Å². The first-order valence-electron chi connectivity index (χ1n) is 5.67. The topological polar surface area (TPSA) is 55.1 Å². The zero-order valence-electron chi connectivity index (χ0n) is 10.1. The van der Waals surface area contributed by atoms with Crippen molar-refractivity contribution in [3.63, 3.8) is 0 Å². The number of nitrogen functional groups attached to an aromatic ring is 1. The van der Waals surface area contributed by atoms with Gasteiger partial charge >= 0.3 is 0 Å². The molecule has 0 saturated carbocycles. The van der Waals surface area contributed by atoms with Crippen LogP contribution in [0.1, 0.15) is 15.9 Å². The van der Waals surface area contributed by atoms with Crippen molar-refractivity contribution in [1.29, 1.82) is 0 Å². The Labute approximate surface area is 122 Å². The van der Waals surface area contributed by atoms with E-state index in [2.05, 4.69) is 17.9 Å². The number of carbonyl (C=O) groups is 1. The first kappa shape index (κ1) is 13.8. The Kier molecular flexibility index (Phi) is 4.35. The summed E-state index contributed by atoms with van der Waals surface area (Å²) in [5.41, 5.74) is 7.54. The fourth-order valence-electron chi connectivity index (χ4n) is 1.69. The molecule has 0 aliphatic heterocycles. The Bertz CT molecular complexity index is 596. The van der Waals surface area contributed by atoms with Gasteiger partial charge in [0.1, 0.15) is 0 Å². The Hall–Kier alpha value is -1.65. The number of halogens is 1. The van der Waals surface area contributed by atoms with Crippen molar-refractivity contribution in [2.75, 3.05) is 5.73 Å². The summed E-state index contributed by atoms with van der Waals surface area (Å²) in [7, 11) is 0. The van der Waals surface area contributed by atoms with Crippen LogP contribution in [0, 0.1) is 0 Å². The number of hydrogen-bond donors (Lipinski definition) is 3. The summed E-state index contributed by atoms with van der Waals surface area (Å²) in [6.07, 6.45) is 0. The molecule has 0 radical (unpaired) electrons. The highest BCUT2D eigenvalue weighted by Gasteiger charge is 2.08. The molecule has 2 aromatic rings. The fourth-order valence-corrected chi connectivity index (χ4v) is 2.18. The molecule has 0 fully saturated rings. The van der Waals surface area contributed by atoms with Crippen molar-refractivity contribution in [2.45, 2.75) is 11.4 Å². The summed E-state index contributed by atoms with van der Waals surface area (Å²) < 4.78 is 0. The number of thiol groups is 1. The molecule has 1 amide bonds. The largest absolute Gasteiger partial charge is 0.399 e. The number of benzene rings is 2. The second-order valence-electron chi connectivity index (χ2n) is 4.09. The highest BCUT2D eigenvalue weighted by atomic mass is 35.5. The van der Waals surface area contributed by atoms with Gasteiger partial charge in [0.05, 0.1) is 0 Å². The second kappa shape index (κ2) is 5.99. The lowest BCUT2D eigenvalue weighted by atomic mass is 10.1. The van der Waals surface area contributed by atoms with Crippen LogP contribution < -0.4 is 11.1 Å². The number of rotatable bonds is 3. The van der Waals surface area contributed by atoms with E-state index in [1.807, 2.05) is 18.2 Å². The molecule has 0 unspecified atom stereocenters. The van der Waals surface area contributed by atoms with E-state index in [9.17, 15) is 4.79 Å². The molecule has 3 nitrogen and oxygen atoms in total. The van der Waals surface area contributed by atoms with Crippen LogP contribution >= 0.6 is 24.2 Å². The first-order valence-corrected chi connectivity index (χ1v) is 6.50. The molecule has 0 aliphatic carbocycles. The normalized spacial score (nSPS) is 10.2. The van der Waals surface area contributed by atoms with E-state index in [1.54, 1.807) is 24.3 Å². The third kappa shape index (κ3) is 3.66. The maximum absolute atomic E-state index is 12.0. The number of hydrogen-bond acceptors (Lipinski definition) is 3. The van der Waals surface area contributed by atoms with E-state index in [0.717, 1.165) is 5.56 Å². The SMILES string of the molecule is Nc1cc(S)cc(C(=O)NCc2ccccc2Cl)c1. The number of nitrogens with one attached hydrogen (secondary N) is 1. The molecule has 0 bridgehead atoms. The van der Waals surface area contributed by atoms with Crippen LogP contribution in [-0.2, 0) is 6.54 Å². The molecule has 3 N–H and O–H groups in total. The van der Waals surface area contributed by atoms with Gasteiger partial charge in [0.15, 0.2) is 0 Å². The fraction of sp³-hybridized carbons (Fsp3) is 0.0714. The van der Waals surface area contributed by atoms with Crippen LogP contribution in [0.15, 0.2) is 47.4 Å². The van der Waals surface area contributed by atoms with Crippen molar-refractivity contribution in [3.8, 4) is 0 Å². The van der Waals surface area contributed by atoms with E-state index in [0.29, 0.717) is 27.7 Å². The van der Waals surface area contributed by atoms with Crippen LogP contribution in [0.2, 0.25) is 5.02 Å². The van der Waals surface area contributed by atoms with Gasteiger partial charge in [0.2, 0.25) is 0 Å². The minimum Gasteiger partial charge on any atom is -0.399 e. The standard InChI is InChI=1S/C14H13ClN2OS/c15-13-4-2-1-3-9(13)8-17-14(18)10-5-11(16)7-12(19)6-10/h1-7,19H,8,16H2,(H,17,18). The van der Waals surface area contributed by atoms with Gasteiger partial charge in [0.25, 0.3) is 5.91 Å². The van der Waals surface area contributed by atoms with Gasteiger partial charge < -0.3 is 11.1 Å². The number of amides is 1. The zero-order valence-corrected chi connectivity index (χ0v) is 11.7. The minimum absolute atomic E-state index is 0.206. The Morgan fingerprint density at radius 2 is 2.00 bits per heavy atom. The van der Waals surface area contributed by atoms with Crippen molar-refractivity contribution in [1.82, 2.24) is 5.32 Å². The lowest BCUT2D eigenvalue weighted by molar-refractivity contribution is 0.0950. The summed E-state index contributed by atoms with van der Waals surface area (Å²) in [4.78, 5) is 12.6. The van der Waals surface area contributed by atoms with Crippen molar-refractivity contribution >= 4 is 35.8 Å². The van der Waals surface area contributed by atoms with E-state index in [-0.39, 0.29) is 5.91 Å². The van der Waals surface area contributed by atoms with Crippen LogP contribution in [-0.4, -0.2) is 5.91 Å². The third-order valence-corrected chi connectivity index (χ3v) is 3.23. The smallest absolute Gasteiger partial charge is 0.251 e. The lowest BCUT2D eigenvalue weighted by Crippen LogP contribution is -2.23. The summed E-state index contributed by atoms with van der Waals surface area (Å²) in [6, 6.07) is 12.3. The van der Waals surface area contributed by atoms with Crippen LogP contribution in [0.5, 0.6) is 0 Å². The van der Waals surface area contributed by atoms with Crippen LogP contribution in [0.3, 0.4) is 0 Å². The Morgan fingerprint density at radius 1 is 1.26 bits per heavy atom. The van der Waals surface area contributed by atoms with Gasteiger partial charge in [-0.2, -0.15) is 0 Å². The lowest BCUT2D eigenvalue weighted by Gasteiger charge is -2.08. The molecule has 0 saturated heterocycles. The molecule has 0 atom stereocenters. The van der Waals surface area contributed by atoms with Crippen LogP contribution in [0.25, 0.3) is 0 Å². The second-order valence-corrected chi connectivity index (χ2v) is 5.01. The van der Waals surface area contributed by atoms with Gasteiger partial charge in [-0.1, -0.05) is 29.8 Å². The van der Waals surface area contributed by atoms with Gasteiger partial charge in [-0.05, 0) is 29.8 Å². The monoisotopic (exact) mass is 292 g/mol. The zero-order chi connectivity index (χ0) is 13.8. The molecule has 0 spiro atoms. The maximum atomic E-state index is 12.0. The first-order chi connectivity index (χ1) is 9.06. The van der Waals surface area contributed by atoms with Gasteiger partial charge in [-0.3, -0.25) is 4.79 Å². The average Bonchev–Trinajstić information content (AvgIpc) is 2.36. The highest BCUT2D eigenvalue weighted by molar-refractivity contribution is 7.80. The molecule has 98 valence electrons. The molecule has 2 aromatic carbocycles. The van der Waals surface area contributed by atoms with Gasteiger partial charge in [0, 0.05) is 27.7 Å². The van der Waals surface area contributed by atoms with Crippen molar-refractivity contribution < 1.29 is 4.79 Å². The summed E-state index contributed by atoms with van der Waals surface area (Å²) in [6.45, 7) is 0.370. The van der Waals surface area contributed by atoms with E-state index >= 15 is 0 Å². The number of carbonyl (C=O) groups excluding carboxylic acids is 1. The summed E-state index contributed by atoms with van der Waals surface area (Å²) in [5.74, 6) is -0.206. The minimum atomic E-state index is -0.206. The maximum Gasteiger partial charge on any atom is 0.251 e. The number of nitrogens with two attached hydrogens (primary N) is 1. The predicted octanol–water partition coefficient (Wildman–Crippen LogP) is 3.14. The van der Waals surface area contributed by atoms with Gasteiger partial charge in [-0.25, -0.2) is 0 Å². The molecule has 0 heterocycles. The summed E-state index contributed by atoms with van der Waals surface area (Å²) in [5, 5.41) is 3.43. The number of anilines is 1. The van der Waals surface area contributed by atoms with Crippen LogP contribution in [0.4, 0.5) is 5.69 Å². The average molecular weight is 293 g/mol. The molecule has 2 rings (SSSR count). The Balaban J connectivity index is 2.08. The molecule has 5 heteroatoms. The van der Waals surface area contributed by atoms with E-state index in [1.165, 1.54) is 0 Å². The Morgan fingerprint density at radius 3 is 2.68 bits per heavy atom. The molecule has 19 heavy (non-hydrogen) atoms. The van der Waals surface area contributed by atoms with Crippen molar-refractivity contribution in [2.24, 2.45) is 0 Å². The predicted molar refractivity (Wildman–Crippen MR) is 80.7 cm³/mol. The van der Waals surface area contributed by atoms with Gasteiger partial charge in [-0.15, -0.1) is 12.6 Å². The quantitative estimate of drug-likeness (QED) is 0.601. The van der Waals surface area contributed by atoms with E-state index < -0.39 is 0 Å². The molecular formula is C14H13ClN2OS. The molecular weight excluding hydrogens is 280 g/mol. The third-order valence-electron chi connectivity index (χ3n) is 2.60. The molecule has 0 aromatic heterocycles. The van der Waals surface area contributed by atoms with E-state index in [4.69, 9.17) is 17.3 Å². The highest BCUT2D eigenvalue weighted by Crippen LogP contribution is 2.17. The summed E-state index contributed by atoms with van der Waals surface area (Å²) >= 11 is 10.2.